The number of likely N-dealkylation sites (tertiary alicyclic amines) is 1. The molecular formula is C17H25BrN2. The highest BCUT2D eigenvalue weighted by Gasteiger charge is 2.23. The minimum atomic E-state index is 0.564. The molecule has 1 aliphatic carbocycles. The van der Waals surface area contributed by atoms with Gasteiger partial charge in [-0.25, -0.2) is 0 Å². The van der Waals surface area contributed by atoms with E-state index in [4.69, 9.17) is 0 Å². The smallest absolute Gasteiger partial charge is 0.0327 e. The lowest BCUT2D eigenvalue weighted by atomic mass is 10.1. The first kappa shape index (κ1) is 14.6. The van der Waals surface area contributed by atoms with Gasteiger partial charge in [-0.1, -0.05) is 40.9 Å². The van der Waals surface area contributed by atoms with Crippen molar-refractivity contribution in [2.24, 2.45) is 0 Å². The van der Waals surface area contributed by atoms with Gasteiger partial charge in [-0.2, -0.15) is 0 Å². The highest BCUT2D eigenvalue weighted by atomic mass is 79.9. The van der Waals surface area contributed by atoms with E-state index in [1.807, 2.05) is 0 Å². The van der Waals surface area contributed by atoms with Gasteiger partial charge in [0, 0.05) is 23.6 Å². The van der Waals surface area contributed by atoms with Crippen LogP contribution in [0.5, 0.6) is 0 Å². The number of rotatable bonds is 4. The van der Waals surface area contributed by atoms with Crippen molar-refractivity contribution in [3.8, 4) is 0 Å². The Labute approximate surface area is 131 Å². The Morgan fingerprint density at radius 2 is 1.95 bits per heavy atom. The van der Waals surface area contributed by atoms with Gasteiger partial charge in [0.25, 0.3) is 0 Å². The molecule has 1 aromatic rings. The summed E-state index contributed by atoms with van der Waals surface area (Å²) in [5.74, 6) is 0. The van der Waals surface area contributed by atoms with Crippen molar-refractivity contribution in [1.82, 2.24) is 10.2 Å². The Morgan fingerprint density at radius 1 is 1.15 bits per heavy atom. The Kier molecular flexibility index (Phi) is 5.14. The summed E-state index contributed by atoms with van der Waals surface area (Å²) in [7, 11) is 0. The highest BCUT2D eigenvalue weighted by molar-refractivity contribution is 9.10. The molecule has 1 aliphatic heterocycles. The molecule has 0 aromatic heterocycles. The van der Waals surface area contributed by atoms with E-state index in [1.165, 1.54) is 73.8 Å². The number of benzene rings is 1. The number of hydrogen-bond acceptors (Lipinski definition) is 2. The summed E-state index contributed by atoms with van der Waals surface area (Å²) >= 11 is 3.68. The van der Waals surface area contributed by atoms with Gasteiger partial charge in [0.1, 0.15) is 0 Å². The van der Waals surface area contributed by atoms with Gasteiger partial charge in [-0.05, 0) is 56.0 Å². The predicted molar refractivity (Wildman–Crippen MR) is 88.1 cm³/mol. The molecule has 1 unspecified atom stereocenters. The zero-order valence-electron chi connectivity index (χ0n) is 12.2. The van der Waals surface area contributed by atoms with Gasteiger partial charge in [0.15, 0.2) is 0 Å². The van der Waals surface area contributed by atoms with Crippen LogP contribution in [-0.4, -0.2) is 31.1 Å². The van der Waals surface area contributed by atoms with Gasteiger partial charge in [-0.3, -0.25) is 0 Å². The van der Waals surface area contributed by atoms with Crippen LogP contribution in [-0.2, 0) is 6.42 Å². The van der Waals surface area contributed by atoms with Gasteiger partial charge < -0.3 is 10.2 Å². The normalized spacial score (nSPS) is 23.6. The van der Waals surface area contributed by atoms with Crippen molar-refractivity contribution < 1.29 is 0 Å². The Balaban J connectivity index is 1.49. The topological polar surface area (TPSA) is 15.3 Å². The lowest BCUT2D eigenvalue weighted by Crippen LogP contribution is -2.34. The van der Waals surface area contributed by atoms with E-state index in [0.29, 0.717) is 6.04 Å². The van der Waals surface area contributed by atoms with Crippen LogP contribution in [0.2, 0.25) is 0 Å². The fourth-order valence-electron chi connectivity index (χ4n) is 3.58. The third-order valence-corrected chi connectivity index (χ3v) is 5.47. The third kappa shape index (κ3) is 3.44. The summed E-state index contributed by atoms with van der Waals surface area (Å²) < 4.78 is 1.28. The van der Waals surface area contributed by atoms with Crippen LogP contribution in [0.4, 0.5) is 0 Å². The Bertz CT molecular complexity index is 439. The van der Waals surface area contributed by atoms with Gasteiger partial charge >= 0.3 is 0 Å². The molecule has 0 amide bonds. The van der Waals surface area contributed by atoms with Crippen molar-refractivity contribution in [3.63, 3.8) is 0 Å². The van der Waals surface area contributed by atoms with Crippen LogP contribution in [0.25, 0.3) is 0 Å². The van der Waals surface area contributed by atoms with Crippen LogP contribution in [0, 0.1) is 0 Å². The molecule has 1 aromatic carbocycles. The SMILES string of the molecule is Brc1cccc2c1CCC2NCCN1CCCCCC1. The third-order valence-electron chi connectivity index (χ3n) is 4.73. The number of fused-ring (bicyclic) bond motifs is 1. The van der Waals surface area contributed by atoms with Crippen molar-refractivity contribution >= 4 is 15.9 Å². The van der Waals surface area contributed by atoms with Gasteiger partial charge in [-0.15, -0.1) is 0 Å². The lowest BCUT2D eigenvalue weighted by molar-refractivity contribution is 0.279. The maximum Gasteiger partial charge on any atom is 0.0327 e. The lowest BCUT2D eigenvalue weighted by Gasteiger charge is -2.22. The largest absolute Gasteiger partial charge is 0.309 e. The zero-order valence-corrected chi connectivity index (χ0v) is 13.8. The molecular weight excluding hydrogens is 312 g/mol. The minimum Gasteiger partial charge on any atom is -0.309 e. The molecule has 110 valence electrons. The first-order chi connectivity index (χ1) is 9.84. The second-order valence-electron chi connectivity index (χ2n) is 6.11. The molecule has 3 rings (SSSR count). The molecule has 2 aliphatic rings. The molecule has 0 bridgehead atoms. The number of halogens is 1. The van der Waals surface area contributed by atoms with E-state index >= 15 is 0 Å². The second-order valence-corrected chi connectivity index (χ2v) is 6.96. The summed E-state index contributed by atoms with van der Waals surface area (Å²) in [6, 6.07) is 7.18. The summed E-state index contributed by atoms with van der Waals surface area (Å²) in [6.45, 7) is 4.93. The number of nitrogens with one attached hydrogen (secondary N) is 1. The quantitative estimate of drug-likeness (QED) is 0.896. The average molecular weight is 337 g/mol. The van der Waals surface area contributed by atoms with E-state index in [2.05, 4.69) is 44.3 Å². The molecule has 3 heteroatoms. The van der Waals surface area contributed by atoms with Crippen LogP contribution in [0.3, 0.4) is 0 Å². The first-order valence-corrected chi connectivity index (χ1v) is 8.87. The highest BCUT2D eigenvalue weighted by Crippen LogP contribution is 2.35. The van der Waals surface area contributed by atoms with E-state index in [1.54, 1.807) is 0 Å². The molecule has 1 fully saturated rings. The first-order valence-electron chi connectivity index (χ1n) is 8.07. The van der Waals surface area contributed by atoms with Gasteiger partial charge in [0.2, 0.25) is 0 Å². The van der Waals surface area contributed by atoms with Crippen LogP contribution in [0.15, 0.2) is 22.7 Å². The standard InChI is InChI=1S/C17H25BrN2/c18-16-7-5-6-15-14(16)8-9-17(15)19-10-13-20-11-3-1-2-4-12-20/h5-7,17,19H,1-4,8-13H2. The Hall–Kier alpha value is -0.380. The molecule has 0 saturated carbocycles. The molecule has 1 N–H and O–H groups in total. The summed E-state index contributed by atoms with van der Waals surface area (Å²) in [5, 5.41) is 3.77. The predicted octanol–water partition coefficient (Wildman–Crippen LogP) is 3.90. The van der Waals surface area contributed by atoms with E-state index in [9.17, 15) is 0 Å². The van der Waals surface area contributed by atoms with Crippen molar-refractivity contribution in [3.05, 3.63) is 33.8 Å². The molecule has 2 nitrogen and oxygen atoms in total. The summed E-state index contributed by atoms with van der Waals surface area (Å²) in [4.78, 5) is 2.64. The molecule has 0 radical (unpaired) electrons. The fraction of sp³-hybridized carbons (Fsp3) is 0.647. The van der Waals surface area contributed by atoms with Crippen LogP contribution < -0.4 is 5.32 Å². The number of nitrogens with zero attached hydrogens (tertiary/aromatic N) is 1. The molecule has 1 atom stereocenters. The zero-order chi connectivity index (χ0) is 13.8. The minimum absolute atomic E-state index is 0.564. The monoisotopic (exact) mass is 336 g/mol. The molecule has 20 heavy (non-hydrogen) atoms. The summed E-state index contributed by atoms with van der Waals surface area (Å²) in [6.07, 6.45) is 8.08. The molecule has 1 heterocycles. The maximum atomic E-state index is 3.77. The number of hydrogen-bond donors (Lipinski definition) is 1. The van der Waals surface area contributed by atoms with E-state index in [-0.39, 0.29) is 0 Å². The average Bonchev–Trinajstić information content (AvgIpc) is 2.70. The molecule has 0 spiro atoms. The Morgan fingerprint density at radius 3 is 2.75 bits per heavy atom. The van der Waals surface area contributed by atoms with Crippen molar-refractivity contribution in [2.45, 2.75) is 44.6 Å². The van der Waals surface area contributed by atoms with Crippen molar-refractivity contribution in [1.29, 1.82) is 0 Å². The van der Waals surface area contributed by atoms with E-state index in [0.717, 1.165) is 6.54 Å². The second kappa shape index (κ2) is 7.06. The fourth-order valence-corrected chi connectivity index (χ4v) is 4.16. The summed E-state index contributed by atoms with van der Waals surface area (Å²) in [5.41, 5.74) is 3.02. The van der Waals surface area contributed by atoms with Crippen molar-refractivity contribution in [2.75, 3.05) is 26.2 Å². The molecule has 1 saturated heterocycles. The maximum absolute atomic E-state index is 3.77. The van der Waals surface area contributed by atoms with Gasteiger partial charge in [0.05, 0.1) is 0 Å². The van der Waals surface area contributed by atoms with Crippen LogP contribution in [0.1, 0.15) is 49.3 Å². The van der Waals surface area contributed by atoms with Crippen LogP contribution >= 0.6 is 15.9 Å². The van der Waals surface area contributed by atoms with E-state index < -0.39 is 0 Å².